The maximum atomic E-state index is 11.6. The minimum absolute atomic E-state index is 0.239. The second kappa shape index (κ2) is 7.83. The van der Waals surface area contributed by atoms with Gasteiger partial charge >= 0.3 is 5.97 Å². The summed E-state index contributed by atoms with van der Waals surface area (Å²) in [7, 11) is 1.73. The van der Waals surface area contributed by atoms with Crippen LogP contribution in [0.4, 0.5) is 0 Å². The van der Waals surface area contributed by atoms with Crippen molar-refractivity contribution < 1.29 is 14.7 Å². The van der Waals surface area contributed by atoms with Crippen LogP contribution in [0, 0.1) is 12.8 Å². The Morgan fingerprint density at radius 1 is 1.52 bits per heavy atom. The number of nitrogens with one attached hydrogen (secondary N) is 1. The molecule has 116 valence electrons. The van der Waals surface area contributed by atoms with Gasteiger partial charge in [0.25, 0.3) is 0 Å². The molecule has 0 bridgehead atoms. The molecule has 6 nitrogen and oxygen atoms in total. The highest BCUT2D eigenvalue weighted by Crippen LogP contribution is 2.19. The molecule has 21 heavy (non-hydrogen) atoms. The van der Waals surface area contributed by atoms with Gasteiger partial charge in [-0.2, -0.15) is 5.10 Å². The summed E-state index contributed by atoms with van der Waals surface area (Å²) < 4.78 is 1.54. The maximum absolute atomic E-state index is 11.6. The third-order valence-corrected chi connectivity index (χ3v) is 3.58. The van der Waals surface area contributed by atoms with Gasteiger partial charge in [-0.15, -0.1) is 0 Å². The largest absolute Gasteiger partial charge is 0.481 e. The molecule has 1 atom stereocenters. The molecule has 0 radical (unpaired) electrons. The summed E-state index contributed by atoms with van der Waals surface area (Å²) in [6.07, 6.45) is 4.18. The maximum Gasteiger partial charge on any atom is 0.306 e. The summed E-state index contributed by atoms with van der Waals surface area (Å²) in [5, 5.41) is 16.1. The quantitative estimate of drug-likeness (QED) is 0.596. The molecule has 1 unspecified atom stereocenters. The Kier molecular flexibility index (Phi) is 6.42. The highest BCUT2D eigenvalue weighted by atomic mass is 35.5. The zero-order chi connectivity index (χ0) is 16.0. The molecule has 1 aromatic heterocycles. The number of nitrogens with zero attached hydrogens (tertiary/aromatic N) is 2. The van der Waals surface area contributed by atoms with Gasteiger partial charge in [-0.3, -0.25) is 14.3 Å². The van der Waals surface area contributed by atoms with Crippen LogP contribution in [0.1, 0.15) is 31.0 Å². The number of rotatable bonds is 7. The highest BCUT2D eigenvalue weighted by Gasteiger charge is 2.10. The fourth-order valence-corrected chi connectivity index (χ4v) is 2.03. The Bertz CT molecular complexity index is 552. The first-order valence-corrected chi connectivity index (χ1v) is 7.08. The zero-order valence-electron chi connectivity index (χ0n) is 12.4. The molecular weight excluding hydrogens is 294 g/mol. The van der Waals surface area contributed by atoms with Gasteiger partial charge in [-0.05, 0) is 25.8 Å². The van der Waals surface area contributed by atoms with Crippen molar-refractivity contribution in [2.75, 3.05) is 6.54 Å². The first-order chi connectivity index (χ1) is 9.82. The molecule has 0 aromatic carbocycles. The molecular formula is C14H20ClN3O3. The molecule has 1 heterocycles. The Morgan fingerprint density at radius 3 is 2.71 bits per heavy atom. The van der Waals surface area contributed by atoms with E-state index in [1.165, 1.54) is 6.08 Å². The van der Waals surface area contributed by atoms with Crippen LogP contribution >= 0.6 is 11.6 Å². The van der Waals surface area contributed by atoms with E-state index in [1.807, 2.05) is 6.92 Å². The SMILES string of the molecule is Cc1nn(C)c(Cl)c1/C=C/C(=O)NCCCC(C)C(=O)O. The topological polar surface area (TPSA) is 84.2 Å². The van der Waals surface area contributed by atoms with Gasteiger partial charge in [0.2, 0.25) is 5.91 Å². The smallest absolute Gasteiger partial charge is 0.306 e. The number of amides is 1. The first-order valence-electron chi connectivity index (χ1n) is 6.70. The number of carbonyl (C=O) groups excluding carboxylic acids is 1. The Hall–Kier alpha value is -1.82. The third kappa shape index (κ3) is 5.23. The minimum Gasteiger partial charge on any atom is -0.481 e. The monoisotopic (exact) mass is 313 g/mol. The van der Waals surface area contributed by atoms with E-state index in [1.54, 1.807) is 24.7 Å². The van der Waals surface area contributed by atoms with E-state index in [2.05, 4.69) is 10.4 Å². The van der Waals surface area contributed by atoms with Crippen LogP contribution in [0.15, 0.2) is 6.08 Å². The predicted octanol–water partition coefficient (Wildman–Crippen LogP) is 2.01. The fourth-order valence-electron chi connectivity index (χ4n) is 1.80. The average Bonchev–Trinajstić information content (AvgIpc) is 2.66. The fraction of sp³-hybridized carbons (Fsp3) is 0.500. The van der Waals surface area contributed by atoms with Crippen molar-refractivity contribution in [3.8, 4) is 0 Å². The van der Waals surface area contributed by atoms with E-state index in [9.17, 15) is 9.59 Å². The number of aromatic nitrogens is 2. The molecule has 0 fully saturated rings. The van der Waals surface area contributed by atoms with Gasteiger partial charge in [0.1, 0.15) is 5.15 Å². The molecule has 7 heteroatoms. The van der Waals surface area contributed by atoms with Crippen LogP contribution in [0.3, 0.4) is 0 Å². The number of hydrogen-bond donors (Lipinski definition) is 2. The summed E-state index contributed by atoms with van der Waals surface area (Å²) in [4.78, 5) is 22.3. The van der Waals surface area contributed by atoms with Gasteiger partial charge in [-0.25, -0.2) is 0 Å². The van der Waals surface area contributed by atoms with Gasteiger partial charge in [0.05, 0.1) is 11.6 Å². The van der Waals surface area contributed by atoms with Crippen molar-refractivity contribution in [2.24, 2.45) is 13.0 Å². The van der Waals surface area contributed by atoms with E-state index >= 15 is 0 Å². The van der Waals surface area contributed by atoms with Crippen molar-refractivity contribution in [1.29, 1.82) is 0 Å². The lowest BCUT2D eigenvalue weighted by atomic mass is 10.1. The van der Waals surface area contributed by atoms with Crippen molar-refractivity contribution in [3.05, 3.63) is 22.5 Å². The molecule has 2 N–H and O–H groups in total. The minimum atomic E-state index is -0.817. The number of carboxylic acid groups (broad SMARTS) is 1. The van der Waals surface area contributed by atoms with Crippen molar-refractivity contribution in [1.82, 2.24) is 15.1 Å². The molecule has 0 aliphatic carbocycles. The number of carboxylic acids is 1. The van der Waals surface area contributed by atoms with Crippen LogP contribution in [-0.2, 0) is 16.6 Å². The molecule has 0 saturated carbocycles. The number of carbonyl (C=O) groups is 2. The Balaban J connectivity index is 2.40. The second-order valence-electron chi connectivity index (χ2n) is 4.92. The third-order valence-electron chi connectivity index (χ3n) is 3.13. The van der Waals surface area contributed by atoms with Crippen LogP contribution in [0.5, 0.6) is 0 Å². The normalized spacial score (nSPS) is 12.6. The van der Waals surface area contributed by atoms with Gasteiger partial charge in [0.15, 0.2) is 0 Å². The Labute approximate surface area is 128 Å². The van der Waals surface area contributed by atoms with E-state index in [-0.39, 0.29) is 5.91 Å². The summed E-state index contributed by atoms with van der Waals surface area (Å²) >= 11 is 6.05. The summed E-state index contributed by atoms with van der Waals surface area (Å²) in [6, 6.07) is 0. The van der Waals surface area contributed by atoms with Gasteiger partial charge < -0.3 is 10.4 Å². The summed E-state index contributed by atoms with van der Waals surface area (Å²) in [6.45, 7) is 3.91. The van der Waals surface area contributed by atoms with E-state index in [4.69, 9.17) is 16.7 Å². The van der Waals surface area contributed by atoms with Crippen LogP contribution in [-0.4, -0.2) is 33.3 Å². The van der Waals surface area contributed by atoms with E-state index < -0.39 is 11.9 Å². The van der Waals surface area contributed by atoms with Crippen LogP contribution < -0.4 is 5.32 Å². The number of halogens is 1. The number of hydrogen-bond acceptors (Lipinski definition) is 3. The standard InChI is InChI=1S/C14H20ClN3O3/c1-9(14(20)21)5-4-8-16-12(19)7-6-11-10(2)17-18(3)13(11)15/h6-7,9H,4-5,8H2,1-3H3,(H,16,19)(H,20,21)/b7-6+. The van der Waals surface area contributed by atoms with Crippen molar-refractivity contribution in [3.63, 3.8) is 0 Å². The van der Waals surface area contributed by atoms with E-state index in [0.717, 1.165) is 5.69 Å². The van der Waals surface area contributed by atoms with Crippen molar-refractivity contribution in [2.45, 2.75) is 26.7 Å². The molecule has 0 spiro atoms. The molecule has 0 saturated heterocycles. The number of aryl methyl sites for hydroxylation is 2. The second-order valence-corrected chi connectivity index (χ2v) is 5.28. The molecule has 1 rings (SSSR count). The highest BCUT2D eigenvalue weighted by molar-refractivity contribution is 6.31. The van der Waals surface area contributed by atoms with Crippen molar-refractivity contribution >= 4 is 29.6 Å². The van der Waals surface area contributed by atoms with Crippen LogP contribution in [0.2, 0.25) is 5.15 Å². The number of aliphatic carboxylic acids is 1. The summed E-state index contributed by atoms with van der Waals surface area (Å²) in [5.41, 5.74) is 1.47. The first kappa shape index (κ1) is 17.2. The lowest BCUT2D eigenvalue weighted by Crippen LogP contribution is -2.23. The molecule has 1 aromatic rings. The molecule has 0 aliphatic heterocycles. The predicted molar refractivity (Wildman–Crippen MR) is 81.0 cm³/mol. The zero-order valence-corrected chi connectivity index (χ0v) is 13.1. The van der Waals surface area contributed by atoms with E-state index in [0.29, 0.717) is 30.1 Å². The average molecular weight is 314 g/mol. The van der Waals surface area contributed by atoms with Gasteiger partial charge in [-0.1, -0.05) is 18.5 Å². The Morgan fingerprint density at radius 2 is 2.19 bits per heavy atom. The summed E-state index contributed by atoms with van der Waals surface area (Å²) in [5.74, 6) is -1.45. The lowest BCUT2D eigenvalue weighted by molar-refractivity contribution is -0.141. The van der Waals surface area contributed by atoms with Crippen LogP contribution in [0.25, 0.3) is 6.08 Å². The lowest BCUT2D eigenvalue weighted by Gasteiger charge is -2.05. The molecule has 0 aliphatic rings. The van der Waals surface area contributed by atoms with Gasteiger partial charge in [0, 0.05) is 25.2 Å². The molecule has 1 amide bonds.